The number of ether oxygens (including phenoxy) is 1. The van der Waals surface area contributed by atoms with Crippen LogP contribution in [0.2, 0.25) is 5.02 Å². The molecule has 1 N–H and O–H groups in total. The van der Waals surface area contributed by atoms with Gasteiger partial charge in [0.2, 0.25) is 0 Å². The van der Waals surface area contributed by atoms with Gasteiger partial charge in [0.1, 0.15) is 16.1 Å². The van der Waals surface area contributed by atoms with Gasteiger partial charge in [0, 0.05) is 33.3 Å². The van der Waals surface area contributed by atoms with E-state index in [1.165, 1.54) is 0 Å². The van der Waals surface area contributed by atoms with E-state index in [1.54, 1.807) is 0 Å². The Morgan fingerprint density at radius 3 is 2.79 bits per heavy atom. The van der Waals surface area contributed by atoms with Gasteiger partial charge >= 0.3 is 0 Å². The summed E-state index contributed by atoms with van der Waals surface area (Å²) < 4.78 is 21.2. The van der Waals surface area contributed by atoms with Crippen LogP contribution < -0.4 is 9.46 Å². The van der Waals surface area contributed by atoms with E-state index in [1.807, 2.05) is 46.8 Å². The maximum atomic E-state index is 12.4. The average molecular weight is 371 g/mol. The van der Waals surface area contributed by atoms with Gasteiger partial charge in [0.05, 0.1) is 12.6 Å². The Morgan fingerprint density at radius 2 is 2.21 bits per heavy atom. The molecule has 0 aliphatic carbocycles. The first-order chi connectivity index (χ1) is 11.1. The molecule has 0 amide bonds. The van der Waals surface area contributed by atoms with Crippen molar-refractivity contribution >= 4 is 23.0 Å². The van der Waals surface area contributed by atoms with Crippen molar-refractivity contribution in [3.63, 3.8) is 0 Å². The van der Waals surface area contributed by atoms with Gasteiger partial charge in [-0.25, -0.2) is 0 Å². The van der Waals surface area contributed by atoms with Gasteiger partial charge in [-0.05, 0) is 57.8 Å². The summed E-state index contributed by atoms with van der Waals surface area (Å²) in [5, 5.41) is 4.25. The zero-order chi connectivity index (χ0) is 18.1. The van der Waals surface area contributed by atoms with E-state index < -0.39 is 17.0 Å². The van der Waals surface area contributed by atoms with Crippen LogP contribution in [-0.2, 0) is 17.8 Å². The zero-order valence-electron chi connectivity index (χ0n) is 14.6. The van der Waals surface area contributed by atoms with Gasteiger partial charge in [-0.3, -0.25) is 0 Å². The van der Waals surface area contributed by atoms with Crippen LogP contribution in [0, 0.1) is 0 Å². The minimum absolute atomic E-state index is 0.195. The number of nitrogens with one attached hydrogen (secondary N) is 1. The highest BCUT2D eigenvalue weighted by Crippen LogP contribution is 2.42. The van der Waals surface area contributed by atoms with E-state index in [0.29, 0.717) is 11.4 Å². The van der Waals surface area contributed by atoms with Crippen LogP contribution in [0.3, 0.4) is 0 Å². The first-order valence-electron chi connectivity index (χ1n) is 7.76. The molecule has 1 aromatic rings. The Balaban J connectivity index is 2.30. The third kappa shape index (κ3) is 4.29. The van der Waals surface area contributed by atoms with Crippen molar-refractivity contribution in [2.24, 2.45) is 5.11 Å². The third-order valence-corrected chi connectivity index (χ3v) is 5.75. The highest BCUT2D eigenvalue weighted by atomic mass is 35.5. The maximum absolute atomic E-state index is 12.4. The first kappa shape index (κ1) is 19.2. The van der Waals surface area contributed by atoms with Crippen LogP contribution in [0.4, 0.5) is 0 Å². The number of hydrogen-bond donors (Lipinski definition) is 1. The summed E-state index contributed by atoms with van der Waals surface area (Å²) >= 11 is 5.05. The van der Waals surface area contributed by atoms with Gasteiger partial charge < -0.3 is 9.29 Å². The molecule has 1 unspecified atom stereocenters. The molecule has 0 radical (unpaired) electrons. The highest BCUT2D eigenvalue weighted by molar-refractivity contribution is 7.90. The van der Waals surface area contributed by atoms with Crippen molar-refractivity contribution in [1.82, 2.24) is 4.72 Å². The second-order valence-corrected chi connectivity index (χ2v) is 9.76. The van der Waals surface area contributed by atoms with E-state index in [9.17, 15) is 4.55 Å². The minimum atomic E-state index is -1.21. The lowest BCUT2D eigenvalue weighted by atomic mass is 9.97. The summed E-state index contributed by atoms with van der Waals surface area (Å²) in [5.74, 6) is 0.737. The second kappa shape index (κ2) is 7.02. The SMILES string of the molecule is C[C@@H](N[S+]([O-])C(C)(C)C)c1cc(Cl)cc2c1O[C@@](C)(CN=[N+]=[N-])C2. The van der Waals surface area contributed by atoms with Gasteiger partial charge in [0.25, 0.3) is 0 Å². The van der Waals surface area contributed by atoms with Gasteiger partial charge in [0.15, 0.2) is 0 Å². The summed E-state index contributed by atoms with van der Waals surface area (Å²) in [4.78, 5) is 2.82. The van der Waals surface area contributed by atoms with Crippen LogP contribution in [-0.4, -0.2) is 21.4 Å². The number of fused-ring (bicyclic) bond motifs is 1. The molecular formula is C16H23ClN4O2S. The molecule has 0 aromatic heterocycles. The molecule has 0 bridgehead atoms. The van der Waals surface area contributed by atoms with E-state index >= 15 is 0 Å². The van der Waals surface area contributed by atoms with Crippen LogP contribution in [0.1, 0.15) is 51.8 Å². The van der Waals surface area contributed by atoms with E-state index in [-0.39, 0.29) is 17.3 Å². The van der Waals surface area contributed by atoms with Crippen molar-refractivity contribution in [1.29, 1.82) is 0 Å². The Kier molecular flexibility index (Phi) is 5.62. The minimum Gasteiger partial charge on any atom is -0.598 e. The van der Waals surface area contributed by atoms with Crippen molar-refractivity contribution in [2.45, 2.75) is 57.4 Å². The summed E-state index contributed by atoms with van der Waals surface area (Å²) in [6.45, 7) is 9.83. The maximum Gasteiger partial charge on any atom is 0.136 e. The quantitative estimate of drug-likeness (QED) is 0.359. The monoisotopic (exact) mass is 370 g/mol. The largest absolute Gasteiger partial charge is 0.598 e. The summed E-state index contributed by atoms with van der Waals surface area (Å²) in [7, 11) is 0. The van der Waals surface area contributed by atoms with Gasteiger partial charge in [-0.15, -0.1) is 4.72 Å². The number of nitrogens with zero attached hydrogens (tertiary/aromatic N) is 3. The van der Waals surface area contributed by atoms with Crippen molar-refractivity contribution in [3.05, 3.63) is 38.7 Å². The molecule has 2 rings (SSSR count). The van der Waals surface area contributed by atoms with Gasteiger partial charge in [-0.2, -0.15) is 0 Å². The molecule has 3 atom stereocenters. The molecule has 24 heavy (non-hydrogen) atoms. The van der Waals surface area contributed by atoms with Crippen LogP contribution in [0.5, 0.6) is 5.75 Å². The first-order valence-corrected chi connectivity index (χ1v) is 9.29. The molecule has 132 valence electrons. The molecule has 1 heterocycles. The average Bonchev–Trinajstić information content (AvgIpc) is 2.79. The van der Waals surface area contributed by atoms with E-state index in [4.69, 9.17) is 21.9 Å². The fraction of sp³-hybridized carbons (Fsp3) is 0.625. The number of rotatable bonds is 5. The molecule has 0 spiro atoms. The van der Waals surface area contributed by atoms with Gasteiger partial charge in [-0.1, -0.05) is 16.7 Å². The fourth-order valence-electron chi connectivity index (χ4n) is 2.61. The standard InChI is InChI=1S/C16H23ClN4O2S/c1-10(20-24(22)15(2,3)4)13-7-12(17)6-11-8-16(5,9-19-21-18)23-14(11)13/h6-7,10,20H,8-9H2,1-5H3/t10-,16-,24?/m1/s1. The summed E-state index contributed by atoms with van der Waals surface area (Å²) in [5.41, 5.74) is 9.81. The lowest BCUT2D eigenvalue weighted by molar-refractivity contribution is 0.124. The Morgan fingerprint density at radius 1 is 1.54 bits per heavy atom. The fourth-order valence-corrected chi connectivity index (χ4v) is 3.66. The van der Waals surface area contributed by atoms with E-state index in [0.717, 1.165) is 16.9 Å². The molecule has 6 nitrogen and oxygen atoms in total. The third-order valence-electron chi connectivity index (χ3n) is 3.85. The molecule has 0 saturated heterocycles. The molecular weight excluding hydrogens is 348 g/mol. The Bertz CT molecular complexity index is 673. The Labute approximate surface area is 150 Å². The number of hydrogen-bond acceptors (Lipinski definition) is 4. The predicted molar refractivity (Wildman–Crippen MR) is 97.6 cm³/mol. The van der Waals surface area contributed by atoms with Crippen LogP contribution in [0.25, 0.3) is 10.4 Å². The molecule has 0 saturated carbocycles. The lowest BCUT2D eigenvalue weighted by Gasteiger charge is -2.28. The highest BCUT2D eigenvalue weighted by Gasteiger charge is 2.38. The topological polar surface area (TPSA) is 93.1 Å². The lowest BCUT2D eigenvalue weighted by Crippen LogP contribution is -2.40. The Hall–Kier alpha value is -1.11. The number of azide groups is 1. The van der Waals surface area contributed by atoms with E-state index in [2.05, 4.69) is 14.7 Å². The van der Waals surface area contributed by atoms with Crippen molar-refractivity contribution in [3.8, 4) is 5.75 Å². The smallest absolute Gasteiger partial charge is 0.136 e. The van der Waals surface area contributed by atoms with Crippen molar-refractivity contribution < 1.29 is 9.29 Å². The number of halogens is 1. The predicted octanol–water partition coefficient (Wildman–Crippen LogP) is 4.46. The molecule has 1 aromatic carbocycles. The molecule has 0 fully saturated rings. The van der Waals surface area contributed by atoms with Crippen LogP contribution >= 0.6 is 11.6 Å². The van der Waals surface area contributed by atoms with Crippen molar-refractivity contribution in [2.75, 3.05) is 6.54 Å². The molecule has 8 heteroatoms. The summed E-state index contributed by atoms with van der Waals surface area (Å²) in [6, 6.07) is 3.51. The van der Waals surface area contributed by atoms with Crippen LogP contribution in [0.15, 0.2) is 17.2 Å². The molecule has 1 aliphatic heterocycles. The second-order valence-electron chi connectivity index (χ2n) is 7.32. The summed E-state index contributed by atoms with van der Waals surface area (Å²) in [6.07, 6.45) is 0.615. The zero-order valence-corrected chi connectivity index (χ0v) is 16.2. The number of benzene rings is 1. The molecule has 1 aliphatic rings. The normalized spacial score (nSPS) is 22.3.